The van der Waals surface area contributed by atoms with Crippen LogP contribution in [0.3, 0.4) is 0 Å². The lowest BCUT2D eigenvalue weighted by atomic mass is 10.4. The number of nitrogens with zero attached hydrogens (tertiary/aromatic N) is 1. The van der Waals surface area contributed by atoms with Gasteiger partial charge in [-0.3, -0.25) is 0 Å². The van der Waals surface area contributed by atoms with Crippen LogP contribution in [0.15, 0.2) is 24.1 Å². The van der Waals surface area contributed by atoms with Gasteiger partial charge in [-0.1, -0.05) is 18.2 Å². The van der Waals surface area contributed by atoms with Gasteiger partial charge in [0.15, 0.2) is 0 Å². The SMILES string of the molecule is C=C(Cl)CNCc1cnc[nH]1. The van der Waals surface area contributed by atoms with Gasteiger partial charge >= 0.3 is 0 Å². The summed E-state index contributed by atoms with van der Waals surface area (Å²) < 4.78 is 0. The maximum Gasteiger partial charge on any atom is 0.0922 e. The van der Waals surface area contributed by atoms with Crippen LogP contribution in [-0.2, 0) is 6.54 Å². The molecular weight excluding hydrogens is 162 g/mol. The second-order valence-electron chi connectivity index (χ2n) is 2.20. The van der Waals surface area contributed by atoms with Gasteiger partial charge < -0.3 is 10.3 Å². The molecule has 0 aromatic carbocycles. The van der Waals surface area contributed by atoms with Crippen molar-refractivity contribution in [1.82, 2.24) is 15.3 Å². The average molecular weight is 172 g/mol. The highest BCUT2D eigenvalue weighted by molar-refractivity contribution is 6.29. The molecule has 0 spiro atoms. The molecule has 0 unspecified atom stereocenters. The van der Waals surface area contributed by atoms with Crippen molar-refractivity contribution < 1.29 is 0 Å². The van der Waals surface area contributed by atoms with Crippen molar-refractivity contribution in [3.63, 3.8) is 0 Å². The van der Waals surface area contributed by atoms with E-state index in [9.17, 15) is 0 Å². The summed E-state index contributed by atoms with van der Waals surface area (Å²) in [5.41, 5.74) is 1.04. The fourth-order valence-electron chi connectivity index (χ4n) is 0.714. The number of aromatic amines is 1. The Morgan fingerprint density at radius 1 is 1.82 bits per heavy atom. The number of halogens is 1. The Hall–Kier alpha value is -0.800. The molecule has 0 radical (unpaired) electrons. The van der Waals surface area contributed by atoms with Crippen LogP contribution in [0.4, 0.5) is 0 Å². The summed E-state index contributed by atoms with van der Waals surface area (Å²) in [7, 11) is 0. The van der Waals surface area contributed by atoms with Crippen LogP contribution in [-0.4, -0.2) is 16.5 Å². The monoisotopic (exact) mass is 171 g/mol. The lowest BCUT2D eigenvalue weighted by Crippen LogP contribution is -2.14. The highest BCUT2D eigenvalue weighted by Gasteiger charge is 1.92. The third-order valence-electron chi connectivity index (χ3n) is 1.19. The lowest BCUT2D eigenvalue weighted by molar-refractivity contribution is 0.740. The topological polar surface area (TPSA) is 40.7 Å². The van der Waals surface area contributed by atoms with Crippen molar-refractivity contribution in [3.8, 4) is 0 Å². The molecule has 0 amide bonds. The fraction of sp³-hybridized carbons (Fsp3) is 0.286. The molecule has 0 aliphatic carbocycles. The van der Waals surface area contributed by atoms with E-state index in [1.54, 1.807) is 12.5 Å². The predicted molar refractivity (Wildman–Crippen MR) is 45.3 cm³/mol. The summed E-state index contributed by atoms with van der Waals surface area (Å²) in [6.45, 7) is 4.92. The molecule has 0 saturated carbocycles. The van der Waals surface area contributed by atoms with E-state index in [0.717, 1.165) is 12.2 Å². The molecule has 60 valence electrons. The van der Waals surface area contributed by atoms with Gasteiger partial charge in [0.1, 0.15) is 0 Å². The minimum absolute atomic E-state index is 0.615. The van der Waals surface area contributed by atoms with Crippen molar-refractivity contribution in [1.29, 1.82) is 0 Å². The van der Waals surface area contributed by atoms with Crippen molar-refractivity contribution in [2.75, 3.05) is 6.54 Å². The molecule has 3 nitrogen and oxygen atoms in total. The molecule has 1 aromatic rings. The molecule has 0 saturated heterocycles. The fourth-order valence-corrected chi connectivity index (χ4v) is 0.809. The average Bonchev–Trinajstić information content (AvgIpc) is 2.39. The first-order valence-corrected chi connectivity index (χ1v) is 3.68. The molecular formula is C7H10ClN3. The Balaban J connectivity index is 2.19. The number of rotatable bonds is 4. The van der Waals surface area contributed by atoms with Crippen LogP contribution >= 0.6 is 11.6 Å². The van der Waals surface area contributed by atoms with E-state index >= 15 is 0 Å². The highest BCUT2D eigenvalue weighted by atomic mass is 35.5. The quantitative estimate of drug-likeness (QED) is 0.716. The van der Waals surface area contributed by atoms with Gasteiger partial charge in [0, 0.05) is 30.0 Å². The standard InChI is InChI=1S/C7H10ClN3/c1-6(8)2-9-3-7-4-10-5-11-7/h4-5,9H,1-3H2,(H,10,11). The molecule has 2 N–H and O–H groups in total. The van der Waals surface area contributed by atoms with Crippen LogP contribution < -0.4 is 5.32 Å². The van der Waals surface area contributed by atoms with E-state index in [1.807, 2.05) is 0 Å². The third kappa shape index (κ3) is 3.20. The van der Waals surface area contributed by atoms with E-state index in [1.165, 1.54) is 0 Å². The summed E-state index contributed by atoms with van der Waals surface area (Å²) in [4.78, 5) is 6.83. The maximum absolute atomic E-state index is 5.54. The lowest BCUT2D eigenvalue weighted by Gasteiger charge is -1.99. The number of aromatic nitrogens is 2. The van der Waals surface area contributed by atoms with E-state index in [0.29, 0.717) is 11.6 Å². The minimum atomic E-state index is 0.615. The van der Waals surface area contributed by atoms with Crippen molar-refractivity contribution in [2.45, 2.75) is 6.54 Å². The number of hydrogen-bond donors (Lipinski definition) is 2. The Bertz CT molecular complexity index is 218. The normalized spacial score (nSPS) is 9.91. The summed E-state index contributed by atoms with van der Waals surface area (Å²) in [5.74, 6) is 0. The molecule has 11 heavy (non-hydrogen) atoms. The zero-order valence-electron chi connectivity index (χ0n) is 6.10. The molecule has 0 aliphatic rings. The Labute approximate surface area is 70.5 Å². The summed E-state index contributed by atoms with van der Waals surface area (Å²) >= 11 is 5.54. The van der Waals surface area contributed by atoms with Gasteiger partial charge in [0.05, 0.1) is 6.33 Å². The predicted octanol–water partition coefficient (Wildman–Crippen LogP) is 1.25. The van der Waals surface area contributed by atoms with Gasteiger partial charge in [-0.05, 0) is 0 Å². The second-order valence-corrected chi connectivity index (χ2v) is 2.73. The number of hydrogen-bond acceptors (Lipinski definition) is 2. The molecule has 0 aliphatic heterocycles. The third-order valence-corrected chi connectivity index (χ3v) is 1.32. The van der Waals surface area contributed by atoms with E-state index in [-0.39, 0.29) is 0 Å². The molecule has 1 aromatic heterocycles. The largest absolute Gasteiger partial charge is 0.347 e. The summed E-state index contributed by atoms with van der Waals surface area (Å²) in [5, 5.41) is 3.70. The summed E-state index contributed by atoms with van der Waals surface area (Å²) in [6, 6.07) is 0. The zero-order chi connectivity index (χ0) is 8.10. The molecule has 1 rings (SSSR count). The van der Waals surface area contributed by atoms with Crippen LogP contribution in [0.1, 0.15) is 5.69 Å². The smallest absolute Gasteiger partial charge is 0.0922 e. The Morgan fingerprint density at radius 2 is 2.64 bits per heavy atom. The van der Waals surface area contributed by atoms with Crippen LogP contribution in [0.5, 0.6) is 0 Å². The van der Waals surface area contributed by atoms with Crippen LogP contribution in [0, 0.1) is 0 Å². The number of H-pyrrole nitrogens is 1. The van der Waals surface area contributed by atoms with Crippen molar-refractivity contribution in [2.24, 2.45) is 0 Å². The highest BCUT2D eigenvalue weighted by Crippen LogP contribution is 1.94. The first kappa shape index (κ1) is 8.30. The first-order chi connectivity index (χ1) is 5.29. The summed E-state index contributed by atoms with van der Waals surface area (Å²) in [6.07, 6.45) is 3.41. The van der Waals surface area contributed by atoms with Gasteiger partial charge in [-0.2, -0.15) is 0 Å². The molecule has 0 fully saturated rings. The molecule has 0 bridgehead atoms. The Morgan fingerprint density at radius 3 is 3.18 bits per heavy atom. The van der Waals surface area contributed by atoms with Crippen molar-refractivity contribution >= 4 is 11.6 Å². The van der Waals surface area contributed by atoms with Gasteiger partial charge in [-0.15, -0.1) is 0 Å². The number of imidazole rings is 1. The van der Waals surface area contributed by atoms with Gasteiger partial charge in [0.2, 0.25) is 0 Å². The van der Waals surface area contributed by atoms with E-state index in [2.05, 4.69) is 21.9 Å². The first-order valence-electron chi connectivity index (χ1n) is 3.30. The molecule has 0 atom stereocenters. The molecule has 1 heterocycles. The van der Waals surface area contributed by atoms with Crippen LogP contribution in [0.2, 0.25) is 0 Å². The number of nitrogens with one attached hydrogen (secondary N) is 2. The second kappa shape index (κ2) is 4.16. The van der Waals surface area contributed by atoms with Crippen LogP contribution in [0.25, 0.3) is 0 Å². The zero-order valence-corrected chi connectivity index (χ0v) is 6.86. The van der Waals surface area contributed by atoms with Gasteiger partial charge in [-0.25, -0.2) is 4.98 Å². The van der Waals surface area contributed by atoms with Crippen molar-refractivity contribution in [3.05, 3.63) is 29.8 Å². The maximum atomic E-state index is 5.54. The minimum Gasteiger partial charge on any atom is -0.347 e. The van der Waals surface area contributed by atoms with E-state index in [4.69, 9.17) is 11.6 Å². The van der Waals surface area contributed by atoms with Gasteiger partial charge in [0.25, 0.3) is 0 Å². The Kier molecular flexibility index (Phi) is 3.14. The molecule has 4 heteroatoms. The van der Waals surface area contributed by atoms with E-state index < -0.39 is 0 Å².